The lowest BCUT2D eigenvalue weighted by atomic mass is 9.83. The number of cyclic esters (lactones) is 1. The molecule has 2 amide bonds. The number of aryl methyl sites for hydroxylation is 1. The van der Waals surface area contributed by atoms with Crippen molar-refractivity contribution >= 4 is 12.0 Å². The van der Waals surface area contributed by atoms with Gasteiger partial charge in [-0.2, -0.15) is 4.80 Å². The molecule has 1 saturated heterocycles. The highest BCUT2D eigenvalue weighted by Crippen LogP contribution is 2.42. The second kappa shape index (κ2) is 7.89. The molecule has 4 rings (SSSR count). The molecule has 1 aromatic heterocycles. The summed E-state index contributed by atoms with van der Waals surface area (Å²) in [5.41, 5.74) is -1.05. The van der Waals surface area contributed by atoms with E-state index in [1.807, 2.05) is 0 Å². The molecule has 2 aliphatic rings. The van der Waals surface area contributed by atoms with Crippen LogP contribution in [-0.4, -0.2) is 56.3 Å². The molecule has 11 heteroatoms. The molecular formula is C20H20F2N6O3. The summed E-state index contributed by atoms with van der Waals surface area (Å²) in [6, 6.07) is 5.65. The number of nitrogens with one attached hydrogen (secondary N) is 1. The van der Waals surface area contributed by atoms with Crippen molar-refractivity contribution in [2.45, 2.75) is 24.5 Å². The molecule has 0 bridgehead atoms. The molecule has 1 fully saturated rings. The predicted molar refractivity (Wildman–Crippen MR) is 104 cm³/mol. The van der Waals surface area contributed by atoms with Crippen LogP contribution < -0.4 is 5.32 Å². The standard InChI is InChI=1S/C20H20F2N6O3/c1-12(29)23-10-15-11-28(19(30)31-15)20(18-24-26-27(2)25-18)7-6-16(17(22)9-20)13-4-3-5-14(21)8-13/h3-9,15-16H,10-11H2,1-2H3,(H,23,29)/t15-,16?,20?/m0/s1. The molecule has 0 radical (unpaired) electrons. The summed E-state index contributed by atoms with van der Waals surface area (Å²) in [7, 11) is 1.55. The SMILES string of the molecule is CC(=O)NC[C@H]1CN(C2(c3nnn(C)n3)C=CC(c3cccc(F)c3)C(F)=C2)C(=O)O1. The second-order valence-electron chi connectivity index (χ2n) is 7.40. The number of aromatic nitrogens is 4. The summed E-state index contributed by atoms with van der Waals surface area (Å²) in [4.78, 5) is 26.4. The van der Waals surface area contributed by atoms with Crippen LogP contribution in [0.2, 0.25) is 0 Å². The quantitative estimate of drug-likeness (QED) is 0.725. The molecule has 1 N–H and O–H groups in total. The zero-order chi connectivity index (χ0) is 22.2. The minimum atomic E-state index is -1.48. The van der Waals surface area contributed by atoms with E-state index in [1.165, 1.54) is 47.0 Å². The molecule has 162 valence electrons. The van der Waals surface area contributed by atoms with E-state index in [0.717, 1.165) is 0 Å². The Balaban J connectivity index is 1.70. The van der Waals surface area contributed by atoms with Crippen molar-refractivity contribution in [1.29, 1.82) is 0 Å². The van der Waals surface area contributed by atoms with Crippen molar-refractivity contribution in [3.8, 4) is 0 Å². The topological polar surface area (TPSA) is 102 Å². The van der Waals surface area contributed by atoms with Crippen molar-refractivity contribution in [2.24, 2.45) is 7.05 Å². The van der Waals surface area contributed by atoms with Crippen molar-refractivity contribution in [3.05, 3.63) is 65.5 Å². The van der Waals surface area contributed by atoms with Gasteiger partial charge < -0.3 is 10.1 Å². The lowest BCUT2D eigenvalue weighted by Crippen LogP contribution is -2.47. The maximum absolute atomic E-state index is 15.4. The Morgan fingerprint density at radius 3 is 2.84 bits per heavy atom. The number of hydrogen-bond donors (Lipinski definition) is 1. The molecule has 9 nitrogen and oxygen atoms in total. The number of halogens is 2. The summed E-state index contributed by atoms with van der Waals surface area (Å²) in [5.74, 6) is -2.08. The van der Waals surface area contributed by atoms with Crippen LogP contribution in [-0.2, 0) is 22.1 Å². The number of benzene rings is 1. The number of allylic oxidation sites excluding steroid dienone is 2. The lowest BCUT2D eigenvalue weighted by molar-refractivity contribution is -0.119. The van der Waals surface area contributed by atoms with Crippen LogP contribution >= 0.6 is 0 Å². The predicted octanol–water partition coefficient (Wildman–Crippen LogP) is 1.71. The first-order chi connectivity index (χ1) is 14.8. The van der Waals surface area contributed by atoms with E-state index >= 15 is 4.39 Å². The number of rotatable bonds is 5. The van der Waals surface area contributed by atoms with Crippen LogP contribution in [0, 0.1) is 5.82 Å². The van der Waals surface area contributed by atoms with Crippen molar-refractivity contribution in [3.63, 3.8) is 0 Å². The third kappa shape index (κ3) is 3.90. The first-order valence-corrected chi connectivity index (χ1v) is 9.59. The van der Waals surface area contributed by atoms with Gasteiger partial charge in [0.05, 0.1) is 26.1 Å². The number of amides is 2. The number of carbonyl (C=O) groups excluding carboxylic acids is 2. The number of tetrazole rings is 1. The van der Waals surface area contributed by atoms with E-state index in [4.69, 9.17) is 4.74 Å². The van der Waals surface area contributed by atoms with Crippen LogP contribution in [0.1, 0.15) is 24.2 Å². The van der Waals surface area contributed by atoms with Crippen LogP contribution in [0.4, 0.5) is 13.6 Å². The maximum atomic E-state index is 15.4. The summed E-state index contributed by atoms with van der Waals surface area (Å²) >= 11 is 0. The zero-order valence-electron chi connectivity index (χ0n) is 16.8. The Morgan fingerprint density at radius 2 is 2.19 bits per heavy atom. The van der Waals surface area contributed by atoms with Gasteiger partial charge in [0, 0.05) is 6.92 Å². The smallest absolute Gasteiger partial charge is 0.411 e. The third-order valence-corrected chi connectivity index (χ3v) is 5.17. The summed E-state index contributed by atoms with van der Waals surface area (Å²) in [6.45, 7) is 1.54. The second-order valence-corrected chi connectivity index (χ2v) is 7.40. The summed E-state index contributed by atoms with van der Waals surface area (Å²) in [6.07, 6.45) is 3.01. The Bertz CT molecular complexity index is 1080. The van der Waals surface area contributed by atoms with Crippen LogP contribution in [0.25, 0.3) is 0 Å². The van der Waals surface area contributed by atoms with Gasteiger partial charge in [-0.25, -0.2) is 13.6 Å². The molecule has 3 atom stereocenters. The molecule has 0 saturated carbocycles. The Hall–Kier alpha value is -3.63. The van der Waals surface area contributed by atoms with Crippen LogP contribution in [0.5, 0.6) is 0 Å². The minimum Gasteiger partial charge on any atom is -0.442 e. The Kier molecular flexibility index (Phi) is 5.25. The monoisotopic (exact) mass is 430 g/mol. The molecule has 0 spiro atoms. The van der Waals surface area contributed by atoms with Crippen LogP contribution in [0.15, 0.2) is 48.3 Å². The van der Waals surface area contributed by atoms with E-state index in [-0.39, 0.29) is 24.8 Å². The van der Waals surface area contributed by atoms with E-state index in [0.29, 0.717) is 5.56 Å². The van der Waals surface area contributed by atoms with Gasteiger partial charge in [-0.1, -0.05) is 18.2 Å². The third-order valence-electron chi connectivity index (χ3n) is 5.17. The fourth-order valence-electron chi connectivity index (χ4n) is 3.71. The molecular weight excluding hydrogens is 410 g/mol. The highest BCUT2D eigenvalue weighted by molar-refractivity contribution is 5.74. The zero-order valence-corrected chi connectivity index (χ0v) is 16.8. The van der Waals surface area contributed by atoms with E-state index in [9.17, 15) is 14.0 Å². The van der Waals surface area contributed by atoms with Gasteiger partial charge in [0.25, 0.3) is 0 Å². The van der Waals surface area contributed by atoms with Crippen LogP contribution in [0.3, 0.4) is 0 Å². The largest absolute Gasteiger partial charge is 0.442 e. The van der Waals surface area contributed by atoms with Gasteiger partial charge in [-0.3, -0.25) is 9.69 Å². The normalized spacial score (nSPS) is 25.4. The number of hydrogen-bond acceptors (Lipinski definition) is 6. The summed E-state index contributed by atoms with van der Waals surface area (Å²) < 4.78 is 34.3. The first-order valence-electron chi connectivity index (χ1n) is 9.59. The molecule has 2 aromatic rings. The highest BCUT2D eigenvalue weighted by Gasteiger charge is 2.49. The van der Waals surface area contributed by atoms with Gasteiger partial charge in [0.15, 0.2) is 0 Å². The van der Waals surface area contributed by atoms with Gasteiger partial charge in [-0.15, -0.1) is 10.2 Å². The number of ether oxygens (including phenoxy) is 1. The number of carbonyl (C=O) groups is 2. The van der Waals surface area contributed by atoms with Crippen molar-refractivity contribution in [1.82, 2.24) is 30.4 Å². The van der Waals surface area contributed by atoms with E-state index in [1.54, 1.807) is 19.2 Å². The van der Waals surface area contributed by atoms with Crippen molar-refractivity contribution < 1.29 is 23.1 Å². The minimum absolute atomic E-state index is 0.0656. The van der Waals surface area contributed by atoms with Gasteiger partial charge >= 0.3 is 6.09 Å². The van der Waals surface area contributed by atoms with E-state index in [2.05, 4.69) is 20.7 Å². The maximum Gasteiger partial charge on any atom is 0.411 e. The average Bonchev–Trinajstić information content (AvgIpc) is 3.32. The molecule has 1 aromatic carbocycles. The Morgan fingerprint density at radius 1 is 1.39 bits per heavy atom. The van der Waals surface area contributed by atoms with Gasteiger partial charge in [0.2, 0.25) is 11.7 Å². The first kappa shape index (κ1) is 20.6. The van der Waals surface area contributed by atoms with Crippen molar-refractivity contribution in [2.75, 3.05) is 13.1 Å². The average molecular weight is 430 g/mol. The lowest BCUT2D eigenvalue weighted by Gasteiger charge is -2.35. The summed E-state index contributed by atoms with van der Waals surface area (Å²) in [5, 5.41) is 14.6. The van der Waals surface area contributed by atoms with Gasteiger partial charge in [0.1, 0.15) is 23.3 Å². The number of nitrogens with zero attached hydrogens (tertiary/aromatic N) is 5. The molecule has 2 unspecified atom stereocenters. The highest BCUT2D eigenvalue weighted by atomic mass is 19.1. The van der Waals surface area contributed by atoms with E-state index < -0.39 is 35.3 Å². The fraction of sp³-hybridized carbons (Fsp3) is 0.350. The fourth-order valence-corrected chi connectivity index (χ4v) is 3.71. The van der Waals surface area contributed by atoms with Gasteiger partial charge in [-0.05, 0) is 35.1 Å². The molecule has 1 aliphatic heterocycles. The molecule has 31 heavy (non-hydrogen) atoms. The molecule has 2 heterocycles. The molecule has 1 aliphatic carbocycles. The Labute approximate surface area is 176 Å².